The van der Waals surface area contributed by atoms with Gasteiger partial charge in [-0.1, -0.05) is 13.8 Å². The van der Waals surface area contributed by atoms with E-state index in [0.29, 0.717) is 23.9 Å². The van der Waals surface area contributed by atoms with Crippen molar-refractivity contribution in [3.05, 3.63) is 24.3 Å². The summed E-state index contributed by atoms with van der Waals surface area (Å²) in [6.07, 6.45) is 0.185. The number of carbonyl (C=O) groups is 2. The fourth-order valence-electron chi connectivity index (χ4n) is 1.50. The standard InChI is InChI=1S/C15H22N2O4/c1-4-20-15(19)21-13-7-5-12(6-8-13)17-14(18)16-10-9-11(2)3/h5-8,11H,4,9-10H2,1-3H3,(H2,16,17,18). The first-order chi connectivity index (χ1) is 10.0. The van der Waals surface area contributed by atoms with Crippen LogP contribution in [-0.2, 0) is 4.74 Å². The number of urea groups is 1. The van der Waals surface area contributed by atoms with Crippen LogP contribution in [0.3, 0.4) is 0 Å². The molecule has 0 aliphatic rings. The summed E-state index contributed by atoms with van der Waals surface area (Å²) in [6, 6.07) is 6.21. The molecule has 0 heterocycles. The molecule has 6 heteroatoms. The molecule has 0 fully saturated rings. The number of carbonyl (C=O) groups excluding carboxylic acids is 2. The Bertz CT molecular complexity index is 457. The van der Waals surface area contributed by atoms with Gasteiger partial charge in [-0.25, -0.2) is 9.59 Å². The molecule has 2 N–H and O–H groups in total. The zero-order valence-corrected chi connectivity index (χ0v) is 12.6. The quantitative estimate of drug-likeness (QED) is 0.623. The summed E-state index contributed by atoms with van der Waals surface area (Å²) in [4.78, 5) is 22.7. The maximum absolute atomic E-state index is 11.6. The summed E-state index contributed by atoms with van der Waals surface area (Å²) in [6.45, 7) is 6.79. The van der Waals surface area contributed by atoms with Crippen molar-refractivity contribution in [2.45, 2.75) is 27.2 Å². The average Bonchev–Trinajstić information content (AvgIpc) is 2.41. The van der Waals surface area contributed by atoms with Crippen molar-refractivity contribution in [3.8, 4) is 5.75 Å². The van der Waals surface area contributed by atoms with Crippen molar-refractivity contribution in [1.82, 2.24) is 5.32 Å². The third-order valence-corrected chi connectivity index (χ3v) is 2.58. The van der Waals surface area contributed by atoms with E-state index >= 15 is 0 Å². The van der Waals surface area contributed by atoms with Gasteiger partial charge in [0.15, 0.2) is 0 Å². The number of benzene rings is 1. The predicted octanol–water partition coefficient (Wildman–Crippen LogP) is 3.39. The van der Waals surface area contributed by atoms with Gasteiger partial charge in [0.25, 0.3) is 0 Å². The lowest BCUT2D eigenvalue weighted by Crippen LogP contribution is -2.30. The lowest BCUT2D eigenvalue weighted by molar-refractivity contribution is 0.104. The number of rotatable bonds is 6. The van der Waals surface area contributed by atoms with Crippen LogP contribution in [-0.4, -0.2) is 25.3 Å². The zero-order valence-electron chi connectivity index (χ0n) is 12.6. The summed E-state index contributed by atoms with van der Waals surface area (Å²) in [5.74, 6) is 0.906. The number of hydrogen-bond acceptors (Lipinski definition) is 4. The molecule has 0 aliphatic carbocycles. The van der Waals surface area contributed by atoms with Gasteiger partial charge in [0.1, 0.15) is 5.75 Å². The number of amides is 2. The molecular formula is C15H22N2O4. The van der Waals surface area contributed by atoms with Crippen molar-refractivity contribution in [2.24, 2.45) is 5.92 Å². The molecule has 1 aromatic carbocycles. The minimum atomic E-state index is -0.746. The lowest BCUT2D eigenvalue weighted by atomic mass is 10.1. The van der Waals surface area contributed by atoms with Gasteiger partial charge in [0.05, 0.1) is 6.61 Å². The second-order valence-corrected chi connectivity index (χ2v) is 4.87. The van der Waals surface area contributed by atoms with Crippen LogP contribution >= 0.6 is 0 Å². The van der Waals surface area contributed by atoms with E-state index in [9.17, 15) is 9.59 Å². The van der Waals surface area contributed by atoms with Crippen LogP contribution in [0, 0.1) is 5.92 Å². The van der Waals surface area contributed by atoms with Crippen molar-refractivity contribution in [2.75, 3.05) is 18.5 Å². The molecular weight excluding hydrogens is 272 g/mol. The van der Waals surface area contributed by atoms with Gasteiger partial charge in [0.2, 0.25) is 0 Å². The molecule has 0 aromatic heterocycles. The minimum Gasteiger partial charge on any atom is -0.434 e. The Labute approximate surface area is 124 Å². The molecule has 0 spiro atoms. The summed E-state index contributed by atoms with van der Waals surface area (Å²) < 4.78 is 9.58. The maximum atomic E-state index is 11.6. The number of hydrogen-bond donors (Lipinski definition) is 2. The summed E-state index contributed by atoms with van der Waals surface area (Å²) in [5, 5.41) is 5.47. The fraction of sp³-hybridized carbons (Fsp3) is 0.467. The highest BCUT2D eigenvalue weighted by atomic mass is 16.7. The second-order valence-electron chi connectivity index (χ2n) is 4.87. The molecule has 0 bridgehead atoms. The largest absolute Gasteiger partial charge is 0.513 e. The summed E-state index contributed by atoms with van der Waals surface area (Å²) in [5.41, 5.74) is 0.619. The Morgan fingerprint density at radius 2 is 1.86 bits per heavy atom. The van der Waals surface area contributed by atoms with Gasteiger partial charge in [-0.15, -0.1) is 0 Å². The average molecular weight is 294 g/mol. The van der Waals surface area contributed by atoms with Crippen molar-refractivity contribution < 1.29 is 19.1 Å². The number of ether oxygens (including phenoxy) is 2. The summed E-state index contributed by atoms with van der Waals surface area (Å²) in [7, 11) is 0. The van der Waals surface area contributed by atoms with Gasteiger partial charge in [0, 0.05) is 12.2 Å². The fourth-order valence-corrected chi connectivity index (χ4v) is 1.50. The van der Waals surface area contributed by atoms with Crippen molar-refractivity contribution in [3.63, 3.8) is 0 Å². The monoisotopic (exact) mass is 294 g/mol. The molecule has 0 aliphatic heterocycles. The normalized spacial score (nSPS) is 10.1. The molecule has 0 saturated carbocycles. The molecule has 2 amide bonds. The first-order valence-corrected chi connectivity index (χ1v) is 7.00. The van der Waals surface area contributed by atoms with Crippen LogP contribution in [0.2, 0.25) is 0 Å². The van der Waals surface area contributed by atoms with E-state index in [0.717, 1.165) is 6.42 Å². The van der Waals surface area contributed by atoms with Crippen LogP contribution in [0.1, 0.15) is 27.2 Å². The van der Waals surface area contributed by atoms with Crippen LogP contribution in [0.25, 0.3) is 0 Å². The SMILES string of the molecule is CCOC(=O)Oc1ccc(NC(=O)NCCC(C)C)cc1. The molecule has 0 unspecified atom stereocenters. The van der Waals surface area contributed by atoms with Gasteiger partial charge in [-0.05, 0) is 43.5 Å². The Hall–Kier alpha value is -2.24. The Kier molecular flexibility index (Phi) is 7.08. The molecule has 1 aromatic rings. The van der Waals surface area contributed by atoms with Crippen molar-refractivity contribution in [1.29, 1.82) is 0 Å². The van der Waals surface area contributed by atoms with E-state index in [2.05, 4.69) is 29.2 Å². The first-order valence-electron chi connectivity index (χ1n) is 7.00. The van der Waals surface area contributed by atoms with Crippen LogP contribution in [0.15, 0.2) is 24.3 Å². The van der Waals surface area contributed by atoms with Crippen LogP contribution in [0.4, 0.5) is 15.3 Å². The van der Waals surface area contributed by atoms with Crippen LogP contribution in [0.5, 0.6) is 5.75 Å². The van der Waals surface area contributed by atoms with E-state index in [4.69, 9.17) is 4.74 Å². The van der Waals surface area contributed by atoms with Gasteiger partial charge < -0.3 is 20.1 Å². The summed E-state index contributed by atoms with van der Waals surface area (Å²) >= 11 is 0. The third-order valence-electron chi connectivity index (χ3n) is 2.58. The molecule has 116 valence electrons. The third kappa shape index (κ3) is 7.20. The van der Waals surface area contributed by atoms with Crippen molar-refractivity contribution >= 4 is 17.9 Å². The molecule has 21 heavy (non-hydrogen) atoms. The Morgan fingerprint density at radius 3 is 2.43 bits per heavy atom. The van der Waals surface area contributed by atoms with Gasteiger partial charge >= 0.3 is 12.2 Å². The topological polar surface area (TPSA) is 76.7 Å². The molecule has 0 saturated heterocycles. The first kappa shape index (κ1) is 16.8. The smallest absolute Gasteiger partial charge is 0.434 e. The predicted molar refractivity (Wildman–Crippen MR) is 80.6 cm³/mol. The van der Waals surface area contributed by atoms with E-state index in [1.807, 2.05) is 0 Å². The van der Waals surface area contributed by atoms with Gasteiger partial charge in [-0.2, -0.15) is 0 Å². The highest BCUT2D eigenvalue weighted by Crippen LogP contribution is 2.16. The Morgan fingerprint density at radius 1 is 1.19 bits per heavy atom. The lowest BCUT2D eigenvalue weighted by Gasteiger charge is -2.09. The van der Waals surface area contributed by atoms with Gasteiger partial charge in [-0.3, -0.25) is 0 Å². The van der Waals surface area contributed by atoms with E-state index < -0.39 is 6.16 Å². The number of nitrogens with one attached hydrogen (secondary N) is 2. The molecule has 1 rings (SSSR count). The maximum Gasteiger partial charge on any atom is 0.513 e. The minimum absolute atomic E-state index is 0.255. The van der Waals surface area contributed by atoms with E-state index in [1.54, 1.807) is 31.2 Å². The van der Waals surface area contributed by atoms with E-state index in [1.165, 1.54) is 0 Å². The second kappa shape index (κ2) is 8.84. The van der Waals surface area contributed by atoms with Crippen LogP contribution < -0.4 is 15.4 Å². The zero-order chi connectivity index (χ0) is 15.7. The molecule has 6 nitrogen and oxygen atoms in total. The Balaban J connectivity index is 2.40. The molecule has 0 radical (unpaired) electrons. The highest BCUT2D eigenvalue weighted by molar-refractivity contribution is 5.89. The van der Waals surface area contributed by atoms with E-state index in [-0.39, 0.29) is 12.6 Å². The highest BCUT2D eigenvalue weighted by Gasteiger charge is 2.06. The number of anilines is 1. The molecule has 0 atom stereocenters.